The van der Waals surface area contributed by atoms with Crippen molar-refractivity contribution < 1.29 is 9.53 Å². The van der Waals surface area contributed by atoms with Gasteiger partial charge in [0.25, 0.3) is 0 Å². The first-order valence-corrected chi connectivity index (χ1v) is 5.59. The predicted molar refractivity (Wildman–Crippen MR) is 65.1 cm³/mol. The maximum atomic E-state index is 11.7. The van der Waals surface area contributed by atoms with Crippen LogP contribution < -0.4 is 0 Å². The molecule has 0 saturated carbocycles. The molecular formula is C14H18O2. The number of ether oxygens (including phenoxy) is 1. The lowest BCUT2D eigenvalue weighted by atomic mass is 9.96. The Bertz CT molecular complexity index is 330. The molecule has 0 heterocycles. The summed E-state index contributed by atoms with van der Waals surface area (Å²) in [5, 5.41) is 0. The fourth-order valence-electron chi connectivity index (χ4n) is 1.62. The van der Waals surface area contributed by atoms with Crippen molar-refractivity contribution in [3.05, 3.63) is 48.6 Å². The van der Waals surface area contributed by atoms with E-state index in [-0.39, 0.29) is 11.9 Å². The predicted octanol–water partition coefficient (Wildman–Crippen LogP) is 2.98. The van der Waals surface area contributed by atoms with Crippen molar-refractivity contribution in [2.24, 2.45) is 5.92 Å². The molecule has 0 unspecified atom stereocenters. The lowest BCUT2D eigenvalue weighted by Crippen LogP contribution is -2.19. The number of rotatable bonds is 6. The number of carbonyl (C=O) groups excluding carboxylic acids is 1. The lowest BCUT2D eigenvalue weighted by Gasteiger charge is -2.13. The molecule has 1 atom stereocenters. The average Bonchev–Trinajstić information content (AvgIpc) is 2.30. The van der Waals surface area contributed by atoms with Crippen molar-refractivity contribution in [3.63, 3.8) is 0 Å². The van der Waals surface area contributed by atoms with Gasteiger partial charge in [0.05, 0.1) is 12.5 Å². The van der Waals surface area contributed by atoms with E-state index in [1.54, 1.807) is 6.08 Å². The molecule has 1 rings (SSSR count). The van der Waals surface area contributed by atoms with Crippen LogP contribution in [0.3, 0.4) is 0 Å². The van der Waals surface area contributed by atoms with Gasteiger partial charge < -0.3 is 4.74 Å². The molecule has 16 heavy (non-hydrogen) atoms. The van der Waals surface area contributed by atoms with Gasteiger partial charge in [0.15, 0.2) is 0 Å². The number of allylic oxidation sites excluding steroid dienone is 1. The first-order chi connectivity index (χ1) is 7.77. The molecular weight excluding hydrogens is 200 g/mol. The minimum absolute atomic E-state index is 0.111. The Balaban J connectivity index is 2.64. The Morgan fingerprint density at radius 3 is 2.69 bits per heavy atom. The van der Waals surface area contributed by atoms with Gasteiger partial charge in [0.1, 0.15) is 0 Å². The molecule has 1 aromatic rings. The highest BCUT2D eigenvalue weighted by Gasteiger charge is 2.18. The van der Waals surface area contributed by atoms with Crippen LogP contribution in [0.4, 0.5) is 0 Å². The summed E-state index contributed by atoms with van der Waals surface area (Å²) in [5.41, 5.74) is 1.16. The van der Waals surface area contributed by atoms with E-state index in [0.717, 1.165) is 5.56 Å². The summed E-state index contributed by atoms with van der Waals surface area (Å²) in [6.07, 6.45) is 3.14. The monoisotopic (exact) mass is 218 g/mol. The largest absolute Gasteiger partial charge is 0.466 e. The molecule has 2 nitrogen and oxygen atoms in total. The molecule has 0 amide bonds. The number of hydrogen-bond donors (Lipinski definition) is 0. The minimum atomic E-state index is -0.133. The standard InChI is InChI=1S/C14H18O2/c1-3-8-13(14(15)16-4-2)11-12-9-6-5-7-10-12/h3,5-7,9-10,13H,1,4,8,11H2,2H3/t13-/m0/s1. The highest BCUT2D eigenvalue weighted by Crippen LogP contribution is 2.14. The van der Waals surface area contributed by atoms with Gasteiger partial charge in [-0.25, -0.2) is 0 Å². The zero-order chi connectivity index (χ0) is 11.8. The van der Waals surface area contributed by atoms with Crippen LogP contribution in [-0.2, 0) is 16.0 Å². The number of esters is 1. The first-order valence-electron chi connectivity index (χ1n) is 5.59. The second-order valence-corrected chi connectivity index (χ2v) is 3.66. The number of benzene rings is 1. The molecule has 0 radical (unpaired) electrons. The fourth-order valence-corrected chi connectivity index (χ4v) is 1.62. The zero-order valence-electron chi connectivity index (χ0n) is 9.69. The molecule has 0 aromatic heterocycles. The van der Waals surface area contributed by atoms with Gasteiger partial charge in [-0.3, -0.25) is 4.79 Å². The molecule has 0 fully saturated rings. The van der Waals surface area contributed by atoms with E-state index in [0.29, 0.717) is 19.4 Å². The number of carbonyl (C=O) groups is 1. The normalized spacial score (nSPS) is 11.8. The Morgan fingerprint density at radius 1 is 1.44 bits per heavy atom. The van der Waals surface area contributed by atoms with E-state index in [4.69, 9.17) is 4.74 Å². The van der Waals surface area contributed by atoms with Crippen molar-refractivity contribution >= 4 is 5.97 Å². The topological polar surface area (TPSA) is 26.3 Å². The maximum Gasteiger partial charge on any atom is 0.309 e. The van der Waals surface area contributed by atoms with Crippen molar-refractivity contribution in [2.45, 2.75) is 19.8 Å². The van der Waals surface area contributed by atoms with E-state index in [1.165, 1.54) is 0 Å². The highest BCUT2D eigenvalue weighted by molar-refractivity contribution is 5.73. The zero-order valence-corrected chi connectivity index (χ0v) is 9.69. The summed E-state index contributed by atoms with van der Waals surface area (Å²) in [7, 11) is 0. The summed E-state index contributed by atoms with van der Waals surface area (Å²) < 4.78 is 5.04. The molecule has 0 saturated heterocycles. The van der Waals surface area contributed by atoms with Crippen LogP contribution in [0.25, 0.3) is 0 Å². The third kappa shape index (κ3) is 3.89. The smallest absolute Gasteiger partial charge is 0.309 e. The lowest BCUT2D eigenvalue weighted by molar-refractivity contribution is -0.147. The van der Waals surface area contributed by atoms with Crippen LogP contribution in [0, 0.1) is 5.92 Å². The molecule has 0 N–H and O–H groups in total. The molecule has 0 spiro atoms. The van der Waals surface area contributed by atoms with Crippen LogP contribution in [-0.4, -0.2) is 12.6 Å². The Hall–Kier alpha value is -1.57. The summed E-state index contributed by atoms with van der Waals surface area (Å²) in [6, 6.07) is 9.97. The quantitative estimate of drug-likeness (QED) is 0.542. The van der Waals surface area contributed by atoms with Gasteiger partial charge in [-0.05, 0) is 25.3 Å². The first kappa shape index (κ1) is 12.5. The van der Waals surface area contributed by atoms with Gasteiger partial charge >= 0.3 is 5.97 Å². The van der Waals surface area contributed by atoms with Crippen molar-refractivity contribution in [1.29, 1.82) is 0 Å². The molecule has 0 bridgehead atoms. The van der Waals surface area contributed by atoms with Crippen molar-refractivity contribution in [3.8, 4) is 0 Å². The summed E-state index contributed by atoms with van der Waals surface area (Å²) in [4.78, 5) is 11.7. The van der Waals surface area contributed by atoms with E-state index in [1.807, 2.05) is 37.3 Å². The number of hydrogen-bond acceptors (Lipinski definition) is 2. The SMILES string of the molecule is C=CC[C@@H](Cc1ccccc1)C(=O)OCC. The van der Waals surface area contributed by atoms with Crippen LogP contribution in [0.1, 0.15) is 18.9 Å². The fraction of sp³-hybridized carbons (Fsp3) is 0.357. The molecule has 0 aliphatic heterocycles. The second kappa shape index (κ2) is 6.83. The molecule has 0 aliphatic carbocycles. The van der Waals surface area contributed by atoms with E-state index < -0.39 is 0 Å². The Labute approximate surface area is 96.9 Å². The third-order valence-corrected chi connectivity index (χ3v) is 2.40. The van der Waals surface area contributed by atoms with Crippen molar-refractivity contribution in [1.82, 2.24) is 0 Å². The van der Waals surface area contributed by atoms with Crippen molar-refractivity contribution in [2.75, 3.05) is 6.61 Å². The van der Waals surface area contributed by atoms with E-state index >= 15 is 0 Å². The minimum Gasteiger partial charge on any atom is -0.466 e. The van der Waals surface area contributed by atoms with Gasteiger partial charge in [0, 0.05) is 0 Å². The molecule has 0 aliphatic rings. The van der Waals surface area contributed by atoms with Crippen LogP contribution in [0.15, 0.2) is 43.0 Å². The summed E-state index contributed by atoms with van der Waals surface area (Å²) >= 11 is 0. The molecule has 86 valence electrons. The Morgan fingerprint density at radius 2 is 2.12 bits per heavy atom. The van der Waals surface area contributed by atoms with E-state index in [2.05, 4.69) is 6.58 Å². The third-order valence-electron chi connectivity index (χ3n) is 2.40. The van der Waals surface area contributed by atoms with Crippen LogP contribution in [0.5, 0.6) is 0 Å². The Kier molecular flexibility index (Phi) is 5.34. The second-order valence-electron chi connectivity index (χ2n) is 3.66. The van der Waals surface area contributed by atoms with E-state index in [9.17, 15) is 4.79 Å². The highest BCUT2D eigenvalue weighted by atomic mass is 16.5. The van der Waals surface area contributed by atoms with Crippen LogP contribution >= 0.6 is 0 Å². The van der Waals surface area contributed by atoms with Crippen LogP contribution in [0.2, 0.25) is 0 Å². The molecule has 1 aromatic carbocycles. The van der Waals surface area contributed by atoms with Gasteiger partial charge in [-0.2, -0.15) is 0 Å². The average molecular weight is 218 g/mol. The summed E-state index contributed by atoms with van der Waals surface area (Å²) in [5.74, 6) is -0.244. The summed E-state index contributed by atoms with van der Waals surface area (Å²) in [6.45, 7) is 5.93. The van der Waals surface area contributed by atoms with Gasteiger partial charge in [-0.1, -0.05) is 36.4 Å². The van der Waals surface area contributed by atoms with Gasteiger partial charge in [-0.15, -0.1) is 6.58 Å². The molecule has 2 heteroatoms. The van der Waals surface area contributed by atoms with Gasteiger partial charge in [0.2, 0.25) is 0 Å². The maximum absolute atomic E-state index is 11.7.